The van der Waals surface area contributed by atoms with E-state index in [0.717, 1.165) is 23.1 Å². The van der Waals surface area contributed by atoms with E-state index in [1.54, 1.807) is 24.9 Å². The number of hydrogen-bond acceptors (Lipinski definition) is 5. The molecule has 162 valence electrons. The van der Waals surface area contributed by atoms with Crippen LogP contribution in [0, 0.1) is 0 Å². The van der Waals surface area contributed by atoms with Crippen molar-refractivity contribution in [2.45, 2.75) is 51.3 Å². The maximum atomic E-state index is 12.7. The molecule has 2 atom stereocenters. The predicted octanol–water partition coefficient (Wildman–Crippen LogP) is 3.22. The van der Waals surface area contributed by atoms with Gasteiger partial charge in [-0.2, -0.15) is 0 Å². The summed E-state index contributed by atoms with van der Waals surface area (Å²) in [6.45, 7) is 4.14. The normalized spacial score (nSPS) is 19.7. The van der Waals surface area contributed by atoms with Gasteiger partial charge in [-0.15, -0.1) is 0 Å². The number of nitrogens with zero attached hydrogens (tertiary/aromatic N) is 2. The Morgan fingerprint density at radius 2 is 2.00 bits per heavy atom. The number of carbonyl (C=O) groups excluding carboxylic acids is 1. The Labute approximate surface area is 178 Å². The van der Waals surface area contributed by atoms with E-state index in [1.165, 1.54) is 0 Å². The summed E-state index contributed by atoms with van der Waals surface area (Å²) < 4.78 is 32.0. The Morgan fingerprint density at radius 1 is 1.27 bits per heavy atom. The largest absolute Gasteiger partial charge is 0.447 e. The van der Waals surface area contributed by atoms with Gasteiger partial charge < -0.3 is 9.64 Å². The molecule has 3 rings (SSSR count). The van der Waals surface area contributed by atoms with E-state index in [9.17, 15) is 13.2 Å². The molecule has 1 aromatic heterocycles. The van der Waals surface area contributed by atoms with Crippen LogP contribution in [0.4, 0.5) is 4.79 Å². The van der Waals surface area contributed by atoms with E-state index in [2.05, 4.69) is 9.71 Å². The Balaban J connectivity index is 1.89. The first-order chi connectivity index (χ1) is 14.2. The van der Waals surface area contributed by atoms with Crippen LogP contribution < -0.4 is 4.72 Å². The van der Waals surface area contributed by atoms with Gasteiger partial charge in [-0.1, -0.05) is 30.3 Å². The van der Waals surface area contributed by atoms with Crippen molar-refractivity contribution in [1.82, 2.24) is 14.6 Å². The first-order valence-electron chi connectivity index (χ1n) is 10.2. The zero-order valence-electron chi connectivity index (χ0n) is 17.6. The van der Waals surface area contributed by atoms with Gasteiger partial charge in [0.1, 0.15) is 0 Å². The van der Waals surface area contributed by atoms with Gasteiger partial charge in [0, 0.05) is 24.3 Å². The number of pyridine rings is 1. The quantitative estimate of drug-likeness (QED) is 0.759. The van der Waals surface area contributed by atoms with E-state index in [-0.39, 0.29) is 18.2 Å². The monoisotopic (exact) mass is 431 g/mol. The van der Waals surface area contributed by atoms with Gasteiger partial charge >= 0.3 is 6.09 Å². The molecule has 1 aliphatic rings. The molecule has 1 N–H and O–H groups in total. The van der Waals surface area contributed by atoms with E-state index < -0.39 is 16.1 Å². The van der Waals surface area contributed by atoms with Crippen molar-refractivity contribution in [2.75, 3.05) is 12.8 Å². The third-order valence-electron chi connectivity index (χ3n) is 5.05. The number of nitrogens with one attached hydrogen (secondary N) is 1. The minimum Gasteiger partial charge on any atom is -0.447 e. The van der Waals surface area contributed by atoms with E-state index >= 15 is 0 Å². The van der Waals surface area contributed by atoms with E-state index in [4.69, 9.17) is 4.74 Å². The fourth-order valence-electron chi connectivity index (χ4n) is 3.83. The lowest BCUT2D eigenvalue weighted by Gasteiger charge is -2.41. The predicted molar refractivity (Wildman–Crippen MR) is 116 cm³/mol. The summed E-state index contributed by atoms with van der Waals surface area (Å²) in [7, 11) is -3.41. The number of hydrogen-bond donors (Lipinski definition) is 1. The number of likely N-dealkylation sites (tertiary alicyclic amines) is 1. The number of piperidine rings is 1. The highest BCUT2D eigenvalue weighted by atomic mass is 32.2. The number of rotatable bonds is 6. The molecule has 0 radical (unpaired) electrons. The van der Waals surface area contributed by atoms with Gasteiger partial charge in [-0.05, 0) is 50.8 Å². The highest BCUT2D eigenvalue weighted by Gasteiger charge is 2.37. The fourth-order valence-corrected chi connectivity index (χ4v) is 4.65. The third kappa shape index (κ3) is 6.03. The van der Waals surface area contributed by atoms with Crippen molar-refractivity contribution >= 4 is 16.1 Å². The zero-order valence-corrected chi connectivity index (χ0v) is 18.4. The van der Waals surface area contributed by atoms with Crippen LogP contribution in [0.1, 0.15) is 32.3 Å². The Bertz CT molecular complexity index is 963. The van der Waals surface area contributed by atoms with Crippen LogP contribution in [-0.4, -0.2) is 55.4 Å². The van der Waals surface area contributed by atoms with Crippen LogP contribution in [-0.2, 0) is 21.2 Å². The summed E-state index contributed by atoms with van der Waals surface area (Å²) in [6.07, 6.45) is 4.12. The molecule has 7 nitrogen and oxygen atoms in total. The van der Waals surface area contributed by atoms with Crippen molar-refractivity contribution in [3.8, 4) is 11.3 Å². The smallest absolute Gasteiger partial charge is 0.410 e. The second kappa shape index (κ2) is 9.57. The second-order valence-corrected chi connectivity index (χ2v) is 9.73. The molecule has 0 saturated carbocycles. The first-order valence-corrected chi connectivity index (χ1v) is 12.1. The molecular weight excluding hydrogens is 402 g/mol. The van der Waals surface area contributed by atoms with Crippen molar-refractivity contribution in [1.29, 1.82) is 0 Å². The second-order valence-electron chi connectivity index (χ2n) is 7.95. The summed E-state index contributed by atoms with van der Waals surface area (Å²) >= 11 is 0. The van der Waals surface area contributed by atoms with Gasteiger partial charge in [-0.25, -0.2) is 17.9 Å². The zero-order chi connectivity index (χ0) is 21.7. The molecule has 1 amide bonds. The molecule has 1 saturated heterocycles. The molecule has 30 heavy (non-hydrogen) atoms. The molecule has 2 heterocycles. The highest BCUT2D eigenvalue weighted by Crippen LogP contribution is 2.25. The highest BCUT2D eigenvalue weighted by molar-refractivity contribution is 7.88. The molecule has 0 spiro atoms. The topological polar surface area (TPSA) is 88.6 Å². The van der Waals surface area contributed by atoms with Crippen LogP contribution in [0.2, 0.25) is 0 Å². The standard InChI is InChI=1S/C22H29N3O4S/c1-16(2)29-22(26)25-13-7-10-19(24-30(3,27)28)21(25)15-17-11-12-23-20(14-17)18-8-5-4-6-9-18/h4-6,8-9,11-12,14,16,19,21,24H,7,10,13,15H2,1-3H3/t19-,21-/m1/s1. The number of aromatic nitrogens is 1. The Kier molecular flexibility index (Phi) is 7.10. The molecule has 1 aromatic carbocycles. The van der Waals surface area contributed by atoms with Crippen molar-refractivity contribution < 1.29 is 17.9 Å². The molecule has 0 unspecified atom stereocenters. The molecule has 0 bridgehead atoms. The number of sulfonamides is 1. The molecule has 0 aliphatic carbocycles. The van der Waals surface area contributed by atoms with Gasteiger partial charge in [0.2, 0.25) is 10.0 Å². The summed E-state index contributed by atoms with van der Waals surface area (Å²) in [5.41, 5.74) is 2.83. The SMILES string of the molecule is CC(C)OC(=O)N1CCC[C@@H](NS(C)(=O)=O)[C@H]1Cc1ccnc(-c2ccccc2)c1. The van der Waals surface area contributed by atoms with Crippen LogP contribution >= 0.6 is 0 Å². The molecule has 2 aromatic rings. The lowest BCUT2D eigenvalue weighted by atomic mass is 9.91. The lowest BCUT2D eigenvalue weighted by Crippen LogP contribution is -2.58. The van der Waals surface area contributed by atoms with Gasteiger partial charge in [0.05, 0.1) is 24.1 Å². The average molecular weight is 432 g/mol. The number of amides is 1. The maximum Gasteiger partial charge on any atom is 0.410 e. The van der Waals surface area contributed by atoms with Crippen molar-refractivity contribution in [2.24, 2.45) is 0 Å². The van der Waals surface area contributed by atoms with E-state index in [1.807, 2.05) is 42.5 Å². The maximum absolute atomic E-state index is 12.7. The molecular formula is C22H29N3O4S. The van der Waals surface area contributed by atoms with Crippen LogP contribution in [0.3, 0.4) is 0 Å². The van der Waals surface area contributed by atoms with Crippen LogP contribution in [0.15, 0.2) is 48.7 Å². The average Bonchev–Trinajstić information content (AvgIpc) is 2.68. The molecule has 1 fully saturated rings. The van der Waals surface area contributed by atoms with Gasteiger partial charge in [-0.3, -0.25) is 4.98 Å². The first kappa shape index (κ1) is 22.2. The Morgan fingerprint density at radius 3 is 2.67 bits per heavy atom. The minimum absolute atomic E-state index is 0.244. The van der Waals surface area contributed by atoms with Gasteiger partial charge in [0.25, 0.3) is 0 Å². The summed E-state index contributed by atoms with van der Waals surface area (Å²) in [5.74, 6) is 0. The van der Waals surface area contributed by atoms with Crippen molar-refractivity contribution in [3.05, 3.63) is 54.2 Å². The van der Waals surface area contributed by atoms with Crippen LogP contribution in [0.5, 0.6) is 0 Å². The fraction of sp³-hybridized carbons (Fsp3) is 0.455. The van der Waals surface area contributed by atoms with Crippen molar-refractivity contribution in [3.63, 3.8) is 0 Å². The summed E-state index contributed by atoms with van der Waals surface area (Å²) in [4.78, 5) is 18.8. The third-order valence-corrected chi connectivity index (χ3v) is 5.79. The number of carbonyl (C=O) groups is 1. The summed E-state index contributed by atoms with van der Waals surface area (Å²) in [6, 6.07) is 13.0. The van der Waals surface area contributed by atoms with E-state index in [0.29, 0.717) is 25.8 Å². The Hall–Kier alpha value is -2.45. The number of benzene rings is 1. The lowest BCUT2D eigenvalue weighted by molar-refractivity contribution is 0.0461. The minimum atomic E-state index is -3.41. The summed E-state index contributed by atoms with van der Waals surface area (Å²) in [5, 5.41) is 0. The molecule has 1 aliphatic heterocycles. The molecule has 8 heteroatoms. The van der Waals surface area contributed by atoms with Gasteiger partial charge in [0.15, 0.2) is 0 Å². The van der Waals surface area contributed by atoms with Crippen LogP contribution in [0.25, 0.3) is 11.3 Å². The number of ether oxygens (including phenoxy) is 1.